The van der Waals surface area contributed by atoms with E-state index in [1.807, 2.05) is 0 Å². The standard InChI is InChI=1S/C28H26Br2Se/c1-27(2,3)21-13-7-19(8-14-21)11-17-23-25(29)26(30)24(31-23)18-12-20-9-15-22(16-10-20)28(4,5)6/h7-10,13-16H,1-6H3. The summed E-state index contributed by atoms with van der Waals surface area (Å²) in [5.41, 5.74) is 5.02. The molecule has 0 aliphatic carbocycles. The number of halogens is 2. The van der Waals surface area contributed by atoms with Crippen molar-refractivity contribution in [2.45, 2.75) is 52.4 Å². The second kappa shape index (κ2) is 9.56. The first kappa shape index (κ1) is 24.2. The molecule has 3 heteroatoms. The summed E-state index contributed by atoms with van der Waals surface area (Å²) >= 11 is 7.49. The van der Waals surface area contributed by atoms with E-state index in [9.17, 15) is 0 Å². The van der Waals surface area contributed by atoms with Crippen molar-refractivity contribution in [3.05, 3.63) is 88.6 Å². The molecular weight excluding hydrogens is 575 g/mol. The zero-order valence-corrected chi connectivity index (χ0v) is 23.7. The Kier molecular flexibility index (Phi) is 7.46. The summed E-state index contributed by atoms with van der Waals surface area (Å²) in [6, 6.07) is 17.1. The van der Waals surface area contributed by atoms with Crippen LogP contribution in [0.5, 0.6) is 0 Å². The SMILES string of the molecule is CC(C)(C)c1ccc(C#Cc2[se]c(C#Cc3ccc(C(C)(C)C)cc3)c(Br)c2Br)cc1. The summed E-state index contributed by atoms with van der Waals surface area (Å²) in [6.45, 7) is 13.3. The van der Waals surface area contributed by atoms with Gasteiger partial charge in [0.05, 0.1) is 0 Å². The normalized spacial score (nSPS) is 11.4. The van der Waals surface area contributed by atoms with Crippen LogP contribution in [0.2, 0.25) is 0 Å². The summed E-state index contributed by atoms with van der Waals surface area (Å²) in [5, 5.41) is 0. The molecule has 0 radical (unpaired) electrons. The van der Waals surface area contributed by atoms with E-state index in [4.69, 9.17) is 0 Å². The average molecular weight is 601 g/mol. The predicted octanol–water partition coefficient (Wildman–Crippen LogP) is 7.66. The Balaban J connectivity index is 1.82. The van der Waals surface area contributed by atoms with Crippen LogP contribution >= 0.6 is 31.9 Å². The van der Waals surface area contributed by atoms with Crippen LogP contribution < -0.4 is 0 Å². The molecule has 0 unspecified atom stereocenters. The molecule has 2 aromatic carbocycles. The second-order valence-electron chi connectivity index (χ2n) is 9.54. The van der Waals surface area contributed by atoms with Gasteiger partial charge in [-0.2, -0.15) is 0 Å². The molecule has 0 saturated heterocycles. The molecule has 0 N–H and O–H groups in total. The topological polar surface area (TPSA) is 0 Å². The molecule has 0 bridgehead atoms. The van der Waals surface area contributed by atoms with E-state index in [-0.39, 0.29) is 25.3 Å². The van der Waals surface area contributed by atoms with Gasteiger partial charge in [-0.05, 0) is 0 Å². The van der Waals surface area contributed by atoms with E-state index >= 15 is 0 Å². The molecule has 158 valence electrons. The van der Waals surface area contributed by atoms with Crippen LogP contribution in [-0.2, 0) is 10.8 Å². The molecule has 31 heavy (non-hydrogen) atoms. The van der Waals surface area contributed by atoms with Gasteiger partial charge < -0.3 is 0 Å². The van der Waals surface area contributed by atoms with E-state index in [0.717, 1.165) is 28.9 Å². The summed E-state index contributed by atoms with van der Waals surface area (Å²) in [7, 11) is 0. The third-order valence-corrected chi connectivity index (χ3v) is 10.4. The van der Waals surface area contributed by atoms with E-state index < -0.39 is 0 Å². The minimum absolute atomic E-state index is 0.0916. The van der Waals surface area contributed by atoms with Crippen molar-refractivity contribution in [2.24, 2.45) is 0 Å². The molecule has 0 atom stereocenters. The Labute approximate surface area is 209 Å². The molecule has 0 aliphatic heterocycles. The molecule has 3 rings (SSSR count). The fraction of sp³-hybridized carbons (Fsp3) is 0.286. The molecular formula is C28H26Br2Se. The van der Waals surface area contributed by atoms with Crippen LogP contribution in [0, 0.1) is 23.7 Å². The second-order valence-corrected chi connectivity index (χ2v) is 13.3. The zero-order chi connectivity index (χ0) is 22.8. The van der Waals surface area contributed by atoms with Crippen LogP contribution in [0.1, 0.15) is 72.7 Å². The maximum absolute atomic E-state index is 3.70. The van der Waals surface area contributed by atoms with Crippen molar-refractivity contribution in [2.75, 3.05) is 0 Å². The van der Waals surface area contributed by atoms with Crippen molar-refractivity contribution in [3.8, 4) is 23.7 Å². The third kappa shape index (κ3) is 6.28. The molecule has 0 fully saturated rings. The van der Waals surface area contributed by atoms with Crippen molar-refractivity contribution < 1.29 is 0 Å². The first-order valence-corrected chi connectivity index (χ1v) is 13.5. The quantitative estimate of drug-likeness (QED) is 0.184. The van der Waals surface area contributed by atoms with Gasteiger partial charge in [-0.1, -0.05) is 0 Å². The molecule has 1 aromatic heterocycles. The fourth-order valence-corrected chi connectivity index (χ4v) is 6.60. The zero-order valence-electron chi connectivity index (χ0n) is 18.8. The van der Waals surface area contributed by atoms with Gasteiger partial charge in [-0.25, -0.2) is 0 Å². The van der Waals surface area contributed by atoms with Gasteiger partial charge in [0.15, 0.2) is 0 Å². The van der Waals surface area contributed by atoms with E-state index in [1.165, 1.54) is 11.1 Å². The summed E-state index contributed by atoms with van der Waals surface area (Å²) in [4.78, 5) is 0. The minimum atomic E-state index is 0.0916. The Morgan fingerprint density at radius 1 is 0.548 bits per heavy atom. The molecule has 3 aromatic rings. The maximum atomic E-state index is 3.70. The molecule has 0 nitrogen and oxygen atoms in total. The van der Waals surface area contributed by atoms with Crippen LogP contribution in [0.15, 0.2) is 57.5 Å². The van der Waals surface area contributed by atoms with Gasteiger partial charge in [0, 0.05) is 0 Å². The van der Waals surface area contributed by atoms with E-state index in [2.05, 4.69) is 146 Å². The summed E-state index contributed by atoms with van der Waals surface area (Å²) in [5.74, 6) is 13.3. The first-order chi connectivity index (χ1) is 14.4. The number of hydrogen-bond acceptors (Lipinski definition) is 0. The monoisotopic (exact) mass is 600 g/mol. The van der Waals surface area contributed by atoms with Crippen molar-refractivity contribution in [1.29, 1.82) is 0 Å². The van der Waals surface area contributed by atoms with Gasteiger partial charge in [-0.15, -0.1) is 0 Å². The summed E-state index contributed by atoms with van der Waals surface area (Å²) in [6.07, 6.45) is 0. The average Bonchev–Trinajstić information content (AvgIpc) is 2.98. The Hall–Kier alpha value is -1.48. The molecule has 0 aliphatic rings. The molecule has 1 heterocycles. The Bertz CT molecular complexity index is 1100. The fourth-order valence-electron chi connectivity index (χ4n) is 2.92. The first-order valence-electron chi connectivity index (χ1n) is 10.2. The molecule has 0 amide bonds. The van der Waals surface area contributed by atoms with Crippen LogP contribution in [0.3, 0.4) is 0 Å². The van der Waals surface area contributed by atoms with Crippen LogP contribution in [0.25, 0.3) is 0 Å². The van der Waals surface area contributed by atoms with Gasteiger partial charge >= 0.3 is 211 Å². The number of hydrogen-bond donors (Lipinski definition) is 0. The van der Waals surface area contributed by atoms with Gasteiger partial charge in [0.2, 0.25) is 0 Å². The Morgan fingerprint density at radius 3 is 1.16 bits per heavy atom. The predicted molar refractivity (Wildman–Crippen MR) is 141 cm³/mol. The number of benzene rings is 2. The van der Waals surface area contributed by atoms with Crippen molar-refractivity contribution in [3.63, 3.8) is 0 Å². The van der Waals surface area contributed by atoms with E-state index in [0.29, 0.717) is 0 Å². The summed E-state index contributed by atoms with van der Waals surface area (Å²) < 4.78 is 4.29. The van der Waals surface area contributed by atoms with Gasteiger partial charge in [0.25, 0.3) is 0 Å². The van der Waals surface area contributed by atoms with Crippen LogP contribution in [-0.4, -0.2) is 14.5 Å². The van der Waals surface area contributed by atoms with Crippen molar-refractivity contribution >= 4 is 46.4 Å². The third-order valence-electron chi connectivity index (χ3n) is 4.94. The van der Waals surface area contributed by atoms with Crippen molar-refractivity contribution in [1.82, 2.24) is 0 Å². The molecule has 0 spiro atoms. The van der Waals surface area contributed by atoms with Gasteiger partial charge in [-0.3, -0.25) is 0 Å². The molecule has 0 saturated carbocycles. The number of rotatable bonds is 0. The van der Waals surface area contributed by atoms with E-state index in [1.54, 1.807) is 0 Å². The Morgan fingerprint density at radius 2 is 0.871 bits per heavy atom. The van der Waals surface area contributed by atoms with Gasteiger partial charge in [0.1, 0.15) is 0 Å². The van der Waals surface area contributed by atoms with Crippen LogP contribution in [0.4, 0.5) is 0 Å².